The number of nitrogens with one attached hydrogen (secondary N) is 1. The zero-order valence-corrected chi connectivity index (χ0v) is 20.0. The van der Waals surface area contributed by atoms with E-state index in [-0.39, 0.29) is 17.6 Å². The molecular formula is C25H33N3O4. The van der Waals surface area contributed by atoms with Gasteiger partial charge >= 0.3 is 5.97 Å². The van der Waals surface area contributed by atoms with Crippen molar-refractivity contribution in [3.63, 3.8) is 0 Å². The molecule has 0 aliphatic heterocycles. The monoisotopic (exact) mass is 439 g/mol. The van der Waals surface area contributed by atoms with E-state index in [0.717, 1.165) is 29.1 Å². The third kappa shape index (κ3) is 5.59. The number of ether oxygens (including phenoxy) is 3. The highest BCUT2D eigenvalue weighted by atomic mass is 16.6. The lowest BCUT2D eigenvalue weighted by atomic mass is 9.82. The van der Waals surface area contributed by atoms with Gasteiger partial charge in [-0.25, -0.2) is 9.78 Å². The van der Waals surface area contributed by atoms with Crippen molar-refractivity contribution in [1.29, 1.82) is 0 Å². The first kappa shape index (κ1) is 23.6. The van der Waals surface area contributed by atoms with Crippen molar-refractivity contribution in [2.45, 2.75) is 46.6 Å². The highest BCUT2D eigenvalue weighted by molar-refractivity contribution is 5.80. The SMILES string of the molecule is COCC(=O)Oc1ccc(-c2nc3ccccn3c2NC(C)(C)CC(C)(C)C)cc1OC. The lowest BCUT2D eigenvalue weighted by Gasteiger charge is -2.34. The van der Waals surface area contributed by atoms with Crippen LogP contribution in [-0.2, 0) is 9.53 Å². The Morgan fingerprint density at radius 2 is 1.81 bits per heavy atom. The Hall–Kier alpha value is -3.06. The Morgan fingerprint density at radius 3 is 2.47 bits per heavy atom. The first-order valence-corrected chi connectivity index (χ1v) is 10.7. The topological polar surface area (TPSA) is 74.1 Å². The van der Waals surface area contributed by atoms with Gasteiger partial charge in [0.2, 0.25) is 0 Å². The number of anilines is 1. The number of nitrogens with zero attached hydrogens (tertiary/aromatic N) is 2. The highest BCUT2D eigenvalue weighted by Gasteiger charge is 2.28. The molecule has 3 rings (SSSR count). The van der Waals surface area contributed by atoms with Gasteiger partial charge in [0, 0.05) is 24.4 Å². The molecule has 0 atom stereocenters. The first-order chi connectivity index (χ1) is 15.0. The number of carbonyl (C=O) groups is 1. The van der Waals surface area contributed by atoms with Crippen LogP contribution in [0.3, 0.4) is 0 Å². The minimum Gasteiger partial charge on any atom is -0.493 e. The summed E-state index contributed by atoms with van der Waals surface area (Å²) in [6, 6.07) is 11.4. The number of hydrogen-bond acceptors (Lipinski definition) is 6. The third-order valence-electron chi connectivity index (χ3n) is 4.88. The van der Waals surface area contributed by atoms with Crippen LogP contribution in [0.15, 0.2) is 42.6 Å². The Balaban J connectivity index is 2.05. The highest BCUT2D eigenvalue weighted by Crippen LogP contribution is 2.38. The van der Waals surface area contributed by atoms with Crippen LogP contribution >= 0.6 is 0 Å². The number of esters is 1. The van der Waals surface area contributed by atoms with Crippen molar-refractivity contribution >= 4 is 17.4 Å². The summed E-state index contributed by atoms with van der Waals surface area (Å²) in [6.45, 7) is 11.0. The molecule has 2 aromatic heterocycles. The van der Waals surface area contributed by atoms with Crippen molar-refractivity contribution in [3.8, 4) is 22.8 Å². The van der Waals surface area contributed by atoms with Gasteiger partial charge in [-0.15, -0.1) is 0 Å². The molecule has 32 heavy (non-hydrogen) atoms. The summed E-state index contributed by atoms with van der Waals surface area (Å²) in [5.41, 5.74) is 2.48. The van der Waals surface area contributed by atoms with Crippen LogP contribution in [0.5, 0.6) is 11.5 Å². The van der Waals surface area contributed by atoms with E-state index < -0.39 is 5.97 Å². The maximum atomic E-state index is 11.8. The van der Waals surface area contributed by atoms with Crippen LogP contribution in [0, 0.1) is 5.41 Å². The van der Waals surface area contributed by atoms with E-state index in [2.05, 4.69) is 44.3 Å². The molecule has 0 unspecified atom stereocenters. The average Bonchev–Trinajstić information content (AvgIpc) is 3.04. The normalized spacial score (nSPS) is 12.1. The van der Waals surface area contributed by atoms with Gasteiger partial charge in [-0.05, 0) is 56.0 Å². The minimum atomic E-state index is -0.488. The number of imidazole rings is 1. The summed E-state index contributed by atoms with van der Waals surface area (Å²) in [5, 5.41) is 3.72. The molecule has 7 heteroatoms. The number of hydrogen-bond donors (Lipinski definition) is 1. The van der Waals surface area contributed by atoms with Gasteiger partial charge in [0.15, 0.2) is 11.5 Å². The summed E-state index contributed by atoms with van der Waals surface area (Å²) >= 11 is 0. The predicted octanol–water partition coefficient (Wildman–Crippen LogP) is 5.19. The molecule has 7 nitrogen and oxygen atoms in total. The number of fused-ring (bicyclic) bond motifs is 1. The Labute approximate surface area is 189 Å². The number of pyridine rings is 1. The van der Waals surface area contributed by atoms with Crippen LogP contribution < -0.4 is 14.8 Å². The third-order valence-corrected chi connectivity index (χ3v) is 4.88. The fraction of sp³-hybridized carbons (Fsp3) is 0.440. The summed E-state index contributed by atoms with van der Waals surface area (Å²) in [4.78, 5) is 16.7. The zero-order chi connectivity index (χ0) is 23.5. The largest absolute Gasteiger partial charge is 0.493 e. The Kier molecular flexibility index (Phi) is 6.79. The lowest BCUT2D eigenvalue weighted by Crippen LogP contribution is -2.36. The Bertz CT molecular complexity index is 1100. The fourth-order valence-corrected chi connectivity index (χ4v) is 4.18. The number of rotatable bonds is 8. The first-order valence-electron chi connectivity index (χ1n) is 10.7. The van der Waals surface area contributed by atoms with Gasteiger partial charge in [0.1, 0.15) is 23.8 Å². The maximum Gasteiger partial charge on any atom is 0.337 e. The molecule has 2 heterocycles. The summed E-state index contributed by atoms with van der Waals surface area (Å²) in [6.07, 6.45) is 2.97. The molecule has 0 amide bonds. The van der Waals surface area contributed by atoms with Crippen molar-refractivity contribution in [3.05, 3.63) is 42.6 Å². The standard InChI is InChI=1S/C25H33N3O4/c1-24(2,3)16-25(4,5)27-23-22(26-20-10-8-9-13-28(20)23)17-11-12-18(19(14-17)31-7)32-21(29)15-30-6/h8-14,27H,15-16H2,1-7H3. The number of benzene rings is 1. The molecule has 0 aliphatic rings. The van der Waals surface area contributed by atoms with E-state index in [1.165, 1.54) is 7.11 Å². The maximum absolute atomic E-state index is 11.8. The second kappa shape index (κ2) is 9.20. The second-order valence-electron chi connectivity index (χ2n) is 9.76. The summed E-state index contributed by atoms with van der Waals surface area (Å²) in [5.74, 6) is 1.20. The second-order valence-corrected chi connectivity index (χ2v) is 9.76. The Morgan fingerprint density at radius 1 is 1.06 bits per heavy atom. The summed E-state index contributed by atoms with van der Waals surface area (Å²) < 4.78 is 17.7. The molecule has 0 fully saturated rings. The molecule has 0 bridgehead atoms. The zero-order valence-electron chi connectivity index (χ0n) is 20.0. The van der Waals surface area contributed by atoms with Gasteiger partial charge in [0.25, 0.3) is 0 Å². The van der Waals surface area contributed by atoms with Crippen LogP contribution in [0.1, 0.15) is 41.0 Å². The van der Waals surface area contributed by atoms with Crippen molar-refractivity contribution in [1.82, 2.24) is 9.38 Å². The van der Waals surface area contributed by atoms with E-state index in [1.807, 2.05) is 36.5 Å². The minimum absolute atomic E-state index is 0.131. The molecule has 0 spiro atoms. The molecular weight excluding hydrogens is 406 g/mol. The van der Waals surface area contributed by atoms with Gasteiger partial charge < -0.3 is 19.5 Å². The number of aromatic nitrogens is 2. The van der Waals surface area contributed by atoms with E-state index in [1.54, 1.807) is 13.2 Å². The van der Waals surface area contributed by atoms with Gasteiger partial charge in [-0.2, -0.15) is 0 Å². The number of carbonyl (C=O) groups excluding carboxylic acids is 1. The van der Waals surface area contributed by atoms with Gasteiger partial charge in [0.05, 0.1) is 7.11 Å². The van der Waals surface area contributed by atoms with Crippen LogP contribution in [-0.4, -0.2) is 41.7 Å². The molecule has 3 aromatic rings. The summed E-state index contributed by atoms with van der Waals surface area (Å²) in [7, 11) is 2.99. The molecule has 172 valence electrons. The molecule has 0 radical (unpaired) electrons. The molecule has 0 aliphatic carbocycles. The van der Waals surface area contributed by atoms with Crippen molar-refractivity contribution < 1.29 is 19.0 Å². The fourth-order valence-electron chi connectivity index (χ4n) is 4.18. The van der Waals surface area contributed by atoms with E-state index in [0.29, 0.717) is 11.5 Å². The average molecular weight is 440 g/mol. The van der Waals surface area contributed by atoms with E-state index >= 15 is 0 Å². The van der Waals surface area contributed by atoms with Crippen molar-refractivity contribution in [2.75, 3.05) is 26.1 Å². The number of methoxy groups -OCH3 is 2. The van der Waals surface area contributed by atoms with E-state index in [4.69, 9.17) is 19.2 Å². The quantitative estimate of drug-likeness (QED) is 0.385. The van der Waals surface area contributed by atoms with Crippen LogP contribution in [0.25, 0.3) is 16.9 Å². The van der Waals surface area contributed by atoms with Crippen molar-refractivity contribution in [2.24, 2.45) is 5.41 Å². The molecule has 1 aromatic carbocycles. The van der Waals surface area contributed by atoms with Crippen LogP contribution in [0.2, 0.25) is 0 Å². The molecule has 0 saturated carbocycles. The van der Waals surface area contributed by atoms with E-state index in [9.17, 15) is 4.79 Å². The lowest BCUT2D eigenvalue weighted by molar-refractivity contribution is -0.138. The molecule has 1 N–H and O–H groups in total. The smallest absolute Gasteiger partial charge is 0.337 e. The van der Waals surface area contributed by atoms with Gasteiger partial charge in [-0.1, -0.05) is 26.8 Å². The predicted molar refractivity (Wildman–Crippen MR) is 126 cm³/mol. The van der Waals surface area contributed by atoms with Gasteiger partial charge in [-0.3, -0.25) is 4.40 Å². The van der Waals surface area contributed by atoms with Crippen LogP contribution in [0.4, 0.5) is 5.82 Å². The molecule has 0 saturated heterocycles.